The predicted molar refractivity (Wildman–Crippen MR) is 145 cm³/mol. The third-order valence-corrected chi connectivity index (χ3v) is 7.18. The van der Waals surface area contributed by atoms with Gasteiger partial charge in [0.1, 0.15) is 0 Å². The lowest BCUT2D eigenvalue weighted by atomic mass is 10.1. The fourth-order valence-electron chi connectivity index (χ4n) is 4.98. The van der Waals surface area contributed by atoms with E-state index in [0.29, 0.717) is 0 Å². The molecule has 0 amide bonds. The molecule has 2 aliphatic heterocycles. The number of rotatable bonds is 4. The average Bonchev–Trinajstić information content (AvgIpc) is 3.30. The van der Waals surface area contributed by atoms with Gasteiger partial charge in [-0.25, -0.2) is 0 Å². The first-order valence-corrected chi connectivity index (χ1v) is 12.3. The molecular weight excluding hydrogens is 452 g/mol. The maximum absolute atomic E-state index is 7.61. The average molecular weight is 487 g/mol. The summed E-state index contributed by atoms with van der Waals surface area (Å²) >= 11 is 0. The first-order valence-electron chi connectivity index (χ1n) is 12.3. The highest BCUT2D eigenvalue weighted by molar-refractivity contribution is 5.76. The van der Waals surface area contributed by atoms with Gasteiger partial charge >= 0.3 is 0 Å². The minimum atomic E-state index is 0.151. The summed E-state index contributed by atoms with van der Waals surface area (Å²) in [6, 6.07) is 19.3. The third kappa shape index (κ3) is 4.79. The molecule has 0 aliphatic carbocycles. The summed E-state index contributed by atoms with van der Waals surface area (Å²) in [6.07, 6.45) is 0. The molecule has 3 heterocycles. The Morgan fingerprint density at radius 2 is 1.08 bits per heavy atom. The van der Waals surface area contributed by atoms with Gasteiger partial charge in [-0.15, -0.1) is 0 Å². The van der Waals surface area contributed by atoms with E-state index in [4.69, 9.17) is 27.4 Å². The number of anilines is 2. The molecule has 2 aromatic carbocycles. The van der Waals surface area contributed by atoms with Crippen LogP contribution in [0.25, 0.3) is 22.5 Å². The zero-order valence-electron chi connectivity index (χ0n) is 20.7. The number of hydrogen-bond acceptors (Lipinski definition) is 5. The number of aromatic nitrogens is 2. The summed E-state index contributed by atoms with van der Waals surface area (Å²) < 4.78 is 1.94. The van der Waals surface area contributed by atoms with Gasteiger partial charge in [-0.3, -0.25) is 15.5 Å². The number of aryl methyl sites for hydroxylation is 1. The zero-order valence-corrected chi connectivity index (χ0v) is 20.7. The monoisotopic (exact) mass is 486 g/mol. The number of hydrogen-bond donors (Lipinski definition) is 4. The minimum Gasteiger partial charge on any atom is -0.370 e. The molecule has 0 spiro atoms. The Morgan fingerprint density at radius 1 is 0.667 bits per heavy atom. The molecule has 6 N–H and O–H groups in total. The van der Waals surface area contributed by atoms with E-state index in [9.17, 15) is 0 Å². The van der Waals surface area contributed by atoms with Crippen molar-refractivity contribution in [3.63, 3.8) is 0 Å². The predicted octanol–water partition coefficient (Wildman–Crippen LogP) is 1.79. The van der Waals surface area contributed by atoms with Crippen molar-refractivity contribution in [2.75, 3.05) is 62.2 Å². The normalized spacial score (nSPS) is 16.4. The molecule has 10 nitrogen and oxygen atoms in total. The molecule has 0 radical (unpaired) electrons. The van der Waals surface area contributed by atoms with Crippen molar-refractivity contribution >= 4 is 23.3 Å². The lowest BCUT2D eigenvalue weighted by Gasteiger charge is -2.36. The lowest BCUT2D eigenvalue weighted by molar-refractivity contribution is 0.380. The summed E-state index contributed by atoms with van der Waals surface area (Å²) in [6.45, 7) is 6.52. The molecule has 1 aromatic heterocycles. The Labute approximate surface area is 211 Å². The molecule has 2 saturated heterocycles. The van der Waals surface area contributed by atoms with Crippen molar-refractivity contribution in [2.24, 2.45) is 18.5 Å². The highest BCUT2D eigenvalue weighted by atomic mass is 15.3. The quantitative estimate of drug-likeness (QED) is 0.327. The summed E-state index contributed by atoms with van der Waals surface area (Å²) in [7, 11) is 1.98. The van der Waals surface area contributed by atoms with Crippen LogP contribution in [0.4, 0.5) is 11.4 Å². The molecule has 5 rings (SSSR count). The minimum absolute atomic E-state index is 0.151. The summed E-state index contributed by atoms with van der Waals surface area (Å²) in [5, 5.41) is 20.0. The Hall–Kier alpha value is -4.21. The van der Waals surface area contributed by atoms with Crippen LogP contribution >= 0.6 is 0 Å². The molecule has 36 heavy (non-hydrogen) atoms. The molecule has 2 fully saturated rings. The van der Waals surface area contributed by atoms with E-state index in [2.05, 4.69) is 64.4 Å². The van der Waals surface area contributed by atoms with E-state index < -0.39 is 0 Å². The van der Waals surface area contributed by atoms with E-state index in [-0.39, 0.29) is 11.9 Å². The van der Waals surface area contributed by atoms with E-state index in [1.807, 2.05) is 21.5 Å². The number of nitrogens with one attached hydrogen (secondary N) is 2. The molecule has 0 atom stereocenters. The van der Waals surface area contributed by atoms with Crippen molar-refractivity contribution in [1.29, 1.82) is 10.8 Å². The van der Waals surface area contributed by atoms with Crippen molar-refractivity contribution in [2.45, 2.75) is 0 Å². The van der Waals surface area contributed by atoms with Gasteiger partial charge < -0.3 is 31.1 Å². The van der Waals surface area contributed by atoms with Crippen LogP contribution in [-0.4, -0.2) is 83.9 Å². The van der Waals surface area contributed by atoms with Gasteiger partial charge in [0, 0.05) is 76.3 Å². The number of benzene rings is 2. The standard InChI is InChI=1S/C26H34N10/c1-32-24(20-4-8-22(9-5-20)34-12-16-36(17-13-34)26(29)30)18-23(31-32)19-2-6-21(7-3-19)33-10-14-35(15-11-33)25(27)28/h2-9,18H,10-17H2,1H3,(H3,27,28)(H3,29,30). The second-order valence-corrected chi connectivity index (χ2v) is 9.35. The van der Waals surface area contributed by atoms with E-state index in [1.165, 1.54) is 11.4 Å². The number of piperazine rings is 2. The van der Waals surface area contributed by atoms with Crippen LogP contribution in [0.5, 0.6) is 0 Å². The first kappa shape index (κ1) is 23.5. The first-order chi connectivity index (χ1) is 17.4. The maximum atomic E-state index is 7.61. The van der Waals surface area contributed by atoms with Gasteiger partial charge in [0.2, 0.25) is 0 Å². The largest absolute Gasteiger partial charge is 0.370 e. The summed E-state index contributed by atoms with van der Waals surface area (Å²) in [5.41, 5.74) is 17.8. The molecule has 0 unspecified atom stereocenters. The Morgan fingerprint density at radius 3 is 1.50 bits per heavy atom. The van der Waals surface area contributed by atoms with Crippen LogP contribution in [0.3, 0.4) is 0 Å². The summed E-state index contributed by atoms with van der Waals surface area (Å²) in [4.78, 5) is 8.47. The molecule has 0 saturated carbocycles. The zero-order chi connectivity index (χ0) is 25.2. The van der Waals surface area contributed by atoms with E-state index in [0.717, 1.165) is 74.9 Å². The van der Waals surface area contributed by atoms with Gasteiger partial charge in [0.15, 0.2) is 11.9 Å². The van der Waals surface area contributed by atoms with Crippen LogP contribution in [0.1, 0.15) is 0 Å². The summed E-state index contributed by atoms with van der Waals surface area (Å²) in [5.74, 6) is 0.303. The maximum Gasteiger partial charge on any atom is 0.188 e. The van der Waals surface area contributed by atoms with Gasteiger partial charge in [0.25, 0.3) is 0 Å². The number of guanidine groups is 2. The van der Waals surface area contributed by atoms with Crippen LogP contribution in [0.15, 0.2) is 54.6 Å². The topological polar surface area (TPSA) is 131 Å². The molecule has 0 bridgehead atoms. The Bertz CT molecular complexity index is 1210. The van der Waals surface area contributed by atoms with Crippen molar-refractivity contribution in [1.82, 2.24) is 19.6 Å². The lowest BCUT2D eigenvalue weighted by Crippen LogP contribution is -2.50. The fourth-order valence-corrected chi connectivity index (χ4v) is 4.98. The number of nitrogens with zero attached hydrogens (tertiary/aromatic N) is 6. The molecule has 188 valence electrons. The van der Waals surface area contributed by atoms with Gasteiger partial charge in [-0.2, -0.15) is 5.10 Å². The Kier molecular flexibility index (Phi) is 6.41. The van der Waals surface area contributed by atoms with Crippen LogP contribution in [-0.2, 0) is 7.05 Å². The number of nitrogens with two attached hydrogens (primary N) is 2. The van der Waals surface area contributed by atoms with Crippen molar-refractivity contribution in [3.8, 4) is 22.5 Å². The van der Waals surface area contributed by atoms with E-state index >= 15 is 0 Å². The molecular formula is C26H34N10. The second-order valence-electron chi connectivity index (χ2n) is 9.35. The SMILES string of the molecule is Cn1nc(-c2ccc(N3CCN(C(=N)N)CC3)cc2)cc1-c1ccc(N2CCN(C(=N)N)CC2)cc1. The van der Waals surface area contributed by atoms with E-state index in [1.54, 1.807) is 0 Å². The smallest absolute Gasteiger partial charge is 0.188 e. The van der Waals surface area contributed by atoms with Crippen molar-refractivity contribution < 1.29 is 0 Å². The molecule has 10 heteroatoms. The fraction of sp³-hybridized carbons (Fsp3) is 0.346. The van der Waals surface area contributed by atoms with Crippen molar-refractivity contribution in [3.05, 3.63) is 54.6 Å². The van der Waals surface area contributed by atoms with Gasteiger partial charge in [0.05, 0.1) is 11.4 Å². The third-order valence-electron chi connectivity index (χ3n) is 7.18. The molecule has 2 aliphatic rings. The van der Waals surface area contributed by atoms with Crippen LogP contribution < -0.4 is 21.3 Å². The Balaban J connectivity index is 1.25. The van der Waals surface area contributed by atoms with Gasteiger partial charge in [-0.05, 0) is 35.9 Å². The highest BCUT2D eigenvalue weighted by Gasteiger charge is 2.19. The van der Waals surface area contributed by atoms with Crippen LogP contribution in [0, 0.1) is 10.8 Å². The van der Waals surface area contributed by atoms with Crippen LogP contribution in [0.2, 0.25) is 0 Å². The highest BCUT2D eigenvalue weighted by Crippen LogP contribution is 2.29. The van der Waals surface area contributed by atoms with Gasteiger partial charge in [-0.1, -0.05) is 24.3 Å². The molecule has 3 aromatic rings. The second kappa shape index (κ2) is 9.80.